The van der Waals surface area contributed by atoms with Crippen LogP contribution in [-0.4, -0.2) is 31.2 Å². The molecule has 6 nitrogen and oxygen atoms in total. The summed E-state index contributed by atoms with van der Waals surface area (Å²) in [5.74, 6) is 0.180. The van der Waals surface area contributed by atoms with E-state index in [-0.39, 0.29) is 29.6 Å². The van der Waals surface area contributed by atoms with E-state index < -0.39 is 11.9 Å². The maximum absolute atomic E-state index is 13.7. The average molecular weight is 475 g/mol. The smallest absolute Gasteiger partial charge is 0.362 e. The minimum Gasteiger partial charge on any atom is -0.362 e. The first-order valence-electron chi connectivity index (χ1n) is 9.27. The highest BCUT2D eigenvalue weighted by Gasteiger charge is 2.38. The number of halogens is 5. The molecule has 0 unspecified atom stereocenters. The van der Waals surface area contributed by atoms with E-state index >= 15 is 0 Å². The number of rotatable bonds is 7. The topological polar surface area (TPSA) is 59.7 Å². The molecule has 1 aromatic carbocycles. The summed E-state index contributed by atoms with van der Waals surface area (Å²) >= 11 is 10.9. The Balaban J connectivity index is 1.45. The van der Waals surface area contributed by atoms with Crippen molar-refractivity contribution in [2.24, 2.45) is 0 Å². The molecule has 0 saturated heterocycles. The van der Waals surface area contributed by atoms with Crippen molar-refractivity contribution >= 4 is 34.7 Å². The fourth-order valence-corrected chi connectivity index (χ4v) is 3.28. The van der Waals surface area contributed by atoms with Crippen LogP contribution in [0.2, 0.25) is 5.02 Å². The van der Waals surface area contributed by atoms with E-state index in [9.17, 15) is 17.6 Å². The van der Waals surface area contributed by atoms with Gasteiger partial charge in [0.15, 0.2) is 16.6 Å². The van der Waals surface area contributed by atoms with Gasteiger partial charge in [-0.2, -0.15) is 23.4 Å². The summed E-state index contributed by atoms with van der Waals surface area (Å²) in [5.41, 5.74) is -0.307. The summed E-state index contributed by atoms with van der Waals surface area (Å²) in [6.07, 6.45) is -2.42. The second-order valence-electron chi connectivity index (χ2n) is 6.69. The number of nitrogens with zero attached hydrogens (tertiary/aromatic N) is 4. The van der Waals surface area contributed by atoms with Crippen LogP contribution in [0.3, 0.4) is 0 Å². The van der Waals surface area contributed by atoms with E-state index in [0.717, 1.165) is 0 Å². The third kappa shape index (κ3) is 5.95. The second kappa shape index (κ2) is 9.65. The number of hydrogen-bond acceptors (Lipinski definition) is 3. The van der Waals surface area contributed by atoms with Gasteiger partial charge in [0, 0.05) is 30.9 Å². The molecule has 0 saturated carbocycles. The van der Waals surface area contributed by atoms with Gasteiger partial charge in [0.05, 0.1) is 17.3 Å². The van der Waals surface area contributed by atoms with E-state index in [1.807, 2.05) is 0 Å². The summed E-state index contributed by atoms with van der Waals surface area (Å²) < 4.78 is 55.1. The van der Waals surface area contributed by atoms with Crippen LogP contribution in [0.5, 0.6) is 0 Å². The van der Waals surface area contributed by atoms with Gasteiger partial charge in [-0.25, -0.2) is 4.39 Å². The fraction of sp³-hybridized carbons (Fsp3) is 0.316. The lowest BCUT2D eigenvalue weighted by molar-refractivity contribution is -0.141. The summed E-state index contributed by atoms with van der Waals surface area (Å²) in [4.78, 5) is 0. The molecule has 31 heavy (non-hydrogen) atoms. The molecule has 0 spiro atoms. The zero-order valence-corrected chi connectivity index (χ0v) is 18.0. The predicted octanol–water partition coefficient (Wildman–Crippen LogP) is 4.62. The number of hydrogen-bond donors (Lipinski definition) is 2. The molecule has 0 aliphatic rings. The summed E-state index contributed by atoms with van der Waals surface area (Å²) in [6, 6.07) is 8.14. The molecule has 3 aromatic rings. The standard InChI is InChI=1S/C19H19ClF4N6S/c1-12-16(20)17(19(22,23)24)28-30(12)9-4-8-25-18(31)26-15-7-10-29(27-15)11-13-5-2-3-6-14(13)21/h2-3,5-7,10H,4,8-9,11H2,1H3,(H2,25,26,27,31). The van der Waals surface area contributed by atoms with E-state index in [4.69, 9.17) is 23.8 Å². The van der Waals surface area contributed by atoms with E-state index in [1.165, 1.54) is 17.7 Å². The monoisotopic (exact) mass is 474 g/mol. The van der Waals surface area contributed by atoms with Gasteiger partial charge in [0.2, 0.25) is 0 Å². The summed E-state index contributed by atoms with van der Waals surface area (Å²) in [6.45, 7) is 2.41. The largest absolute Gasteiger partial charge is 0.436 e. The lowest BCUT2D eigenvalue weighted by Gasteiger charge is -2.09. The molecule has 0 aliphatic heterocycles. The van der Waals surface area contributed by atoms with Crippen LogP contribution < -0.4 is 10.6 Å². The lowest BCUT2D eigenvalue weighted by atomic mass is 10.2. The molecule has 0 bridgehead atoms. The van der Waals surface area contributed by atoms with Crippen LogP contribution in [0, 0.1) is 12.7 Å². The van der Waals surface area contributed by atoms with Crippen LogP contribution in [0.25, 0.3) is 0 Å². The molecule has 0 aliphatic carbocycles. The van der Waals surface area contributed by atoms with E-state index in [1.54, 1.807) is 35.1 Å². The molecular formula is C19H19ClF4N6S. The van der Waals surface area contributed by atoms with Gasteiger partial charge in [-0.1, -0.05) is 29.8 Å². The maximum Gasteiger partial charge on any atom is 0.436 e. The average Bonchev–Trinajstić information content (AvgIpc) is 3.25. The molecule has 0 fully saturated rings. The Morgan fingerprint density at radius 3 is 2.61 bits per heavy atom. The first-order valence-corrected chi connectivity index (χ1v) is 10.1. The zero-order valence-electron chi connectivity index (χ0n) is 16.4. The molecule has 3 rings (SSSR count). The Morgan fingerprint density at radius 1 is 1.19 bits per heavy atom. The minimum atomic E-state index is -4.59. The Labute approximate surface area is 186 Å². The van der Waals surface area contributed by atoms with Crippen LogP contribution in [0.4, 0.5) is 23.4 Å². The Hall–Kier alpha value is -2.66. The highest BCUT2D eigenvalue weighted by Crippen LogP contribution is 2.35. The van der Waals surface area contributed by atoms with Gasteiger partial charge in [-0.05, 0) is 31.6 Å². The van der Waals surface area contributed by atoms with Crippen molar-refractivity contribution in [1.82, 2.24) is 24.9 Å². The predicted molar refractivity (Wildman–Crippen MR) is 114 cm³/mol. The molecule has 12 heteroatoms. The minimum absolute atomic E-state index is 0.245. The van der Waals surface area contributed by atoms with Crippen LogP contribution in [0.15, 0.2) is 36.5 Å². The maximum atomic E-state index is 13.7. The van der Waals surface area contributed by atoms with Crippen molar-refractivity contribution in [3.8, 4) is 0 Å². The number of aryl methyl sites for hydroxylation is 1. The van der Waals surface area contributed by atoms with Gasteiger partial charge in [0.1, 0.15) is 5.82 Å². The quantitative estimate of drug-likeness (QED) is 0.297. The number of thiocarbonyl (C=S) groups is 1. The first-order chi connectivity index (χ1) is 14.6. The zero-order chi connectivity index (χ0) is 22.6. The first kappa shape index (κ1) is 23.0. The second-order valence-corrected chi connectivity index (χ2v) is 7.48. The van der Waals surface area contributed by atoms with Crippen LogP contribution in [-0.2, 0) is 19.3 Å². The van der Waals surface area contributed by atoms with Crippen molar-refractivity contribution in [1.29, 1.82) is 0 Å². The van der Waals surface area contributed by atoms with Crippen molar-refractivity contribution in [3.63, 3.8) is 0 Å². The van der Waals surface area contributed by atoms with Crippen LogP contribution in [0.1, 0.15) is 23.4 Å². The third-order valence-corrected chi connectivity index (χ3v) is 5.11. The van der Waals surface area contributed by atoms with Crippen molar-refractivity contribution in [3.05, 3.63) is 64.3 Å². The number of anilines is 1. The molecule has 2 heterocycles. The highest BCUT2D eigenvalue weighted by molar-refractivity contribution is 7.80. The van der Waals surface area contributed by atoms with Crippen molar-refractivity contribution in [2.45, 2.75) is 32.6 Å². The third-order valence-electron chi connectivity index (χ3n) is 4.41. The van der Waals surface area contributed by atoms with Crippen molar-refractivity contribution in [2.75, 3.05) is 11.9 Å². The number of nitrogens with one attached hydrogen (secondary N) is 2. The highest BCUT2D eigenvalue weighted by atomic mass is 35.5. The molecule has 166 valence electrons. The molecule has 2 N–H and O–H groups in total. The van der Waals surface area contributed by atoms with E-state index in [2.05, 4.69) is 20.8 Å². The number of aromatic nitrogens is 4. The van der Waals surface area contributed by atoms with Gasteiger partial charge in [-0.15, -0.1) is 0 Å². The number of alkyl halides is 3. The molecule has 0 atom stereocenters. The molecule has 2 aromatic heterocycles. The van der Waals surface area contributed by atoms with E-state index in [0.29, 0.717) is 29.5 Å². The normalized spacial score (nSPS) is 11.5. The fourth-order valence-electron chi connectivity index (χ4n) is 2.83. The SMILES string of the molecule is Cc1c(Cl)c(C(F)(F)F)nn1CCCNC(=S)Nc1ccn(Cc2ccccc2F)n1. The summed E-state index contributed by atoms with van der Waals surface area (Å²) in [5, 5.41) is 13.6. The molecule has 0 radical (unpaired) electrons. The molecule has 0 amide bonds. The Bertz CT molecular complexity index is 1060. The number of benzene rings is 1. The Kier molecular flexibility index (Phi) is 7.16. The lowest BCUT2D eigenvalue weighted by Crippen LogP contribution is -2.30. The van der Waals surface area contributed by atoms with Gasteiger partial charge in [0.25, 0.3) is 0 Å². The van der Waals surface area contributed by atoms with Gasteiger partial charge < -0.3 is 10.6 Å². The van der Waals surface area contributed by atoms with Crippen LogP contribution >= 0.6 is 23.8 Å². The van der Waals surface area contributed by atoms with Crippen molar-refractivity contribution < 1.29 is 17.6 Å². The molecular weight excluding hydrogens is 456 g/mol. The van der Waals surface area contributed by atoms with Gasteiger partial charge in [-0.3, -0.25) is 9.36 Å². The Morgan fingerprint density at radius 2 is 1.94 bits per heavy atom. The summed E-state index contributed by atoms with van der Waals surface area (Å²) in [7, 11) is 0. The van der Waals surface area contributed by atoms with Gasteiger partial charge >= 0.3 is 6.18 Å².